The second-order valence-electron chi connectivity index (χ2n) is 4.35. The second-order valence-corrected chi connectivity index (χ2v) is 5.41. The number of ether oxygens (including phenoxy) is 2. The van der Waals surface area contributed by atoms with Crippen molar-refractivity contribution in [2.24, 2.45) is 0 Å². The molecule has 0 spiro atoms. The highest BCUT2D eigenvalue weighted by molar-refractivity contribution is 7.09. The number of aromatic nitrogens is 1. The Morgan fingerprint density at radius 3 is 2.71 bits per heavy atom. The summed E-state index contributed by atoms with van der Waals surface area (Å²) in [5, 5.41) is 11.5. The van der Waals surface area contributed by atoms with Crippen LogP contribution in [0.25, 0.3) is 0 Å². The molecule has 0 amide bonds. The number of carbonyl (C=O) groups is 1. The van der Waals surface area contributed by atoms with Crippen LogP contribution in [0, 0.1) is 18.3 Å². The van der Waals surface area contributed by atoms with Crippen LogP contribution in [0.5, 0.6) is 5.75 Å². The fourth-order valence-electron chi connectivity index (χ4n) is 1.57. The predicted octanol–water partition coefficient (Wildman–Crippen LogP) is 3.10. The van der Waals surface area contributed by atoms with E-state index in [1.807, 2.05) is 18.4 Å². The molecule has 5 nitrogen and oxygen atoms in total. The van der Waals surface area contributed by atoms with Crippen molar-refractivity contribution in [3.05, 3.63) is 45.9 Å². The minimum Gasteiger partial charge on any atom is -0.487 e. The van der Waals surface area contributed by atoms with Crippen molar-refractivity contribution in [2.75, 3.05) is 0 Å². The first-order valence-corrected chi connectivity index (χ1v) is 7.21. The average Bonchev–Trinajstić information content (AvgIpc) is 2.91. The van der Waals surface area contributed by atoms with E-state index in [0.717, 1.165) is 10.7 Å². The van der Waals surface area contributed by atoms with Gasteiger partial charge in [0.05, 0.1) is 16.3 Å². The molecule has 0 radical (unpaired) electrons. The third-order valence-electron chi connectivity index (χ3n) is 2.61. The highest BCUT2D eigenvalue weighted by Gasteiger charge is 2.11. The van der Waals surface area contributed by atoms with Crippen LogP contribution in [-0.2, 0) is 11.3 Å². The number of hydrogen-bond acceptors (Lipinski definition) is 6. The lowest BCUT2D eigenvalue weighted by atomic mass is 10.2. The van der Waals surface area contributed by atoms with Gasteiger partial charge in [0.1, 0.15) is 18.4 Å². The van der Waals surface area contributed by atoms with Crippen molar-refractivity contribution in [3.8, 4) is 11.8 Å². The van der Waals surface area contributed by atoms with Crippen molar-refractivity contribution in [1.82, 2.24) is 4.98 Å². The summed E-state index contributed by atoms with van der Waals surface area (Å²) < 4.78 is 10.5. The Morgan fingerprint density at radius 1 is 1.43 bits per heavy atom. The van der Waals surface area contributed by atoms with Crippen LogP contribution in [0.3, 0.4) is 0 Å². The zero-order valence-corrected chi connectivity index (χ0v) is 12.5. The predicted molar refractivity (Wildman–Crippen MR) is 78.1 cm³/mol. The van der Waals surface area contributed by atoms with Crippen molar-refractivity contribution in [3.63, 3.8) is 0 Å². The lowest BCUT2D eigenvalue weighted by Crippen LogP contribution is -2.12. The Kier molecular flexibility index (Phi) is 4.90. The SMILES string of the molecule is Cc1nc(COc2ccc(C(=O)O[C@@H](C)C#N)cc2)cs1. The number of rotatable bonds is 5. The molecule has 6 heteroatoms. The highest BCUT2D eigenvalue weighted by atomic mass is 32.1. The van der Waals surface area contributed by atoms with Gasteiger partial charge < -0.3 is 9.47 Å². The lowest BCUT2D eigenvalue weighted by Gasteiger charge is -2.07. The van der Waals surface area contributed by atoms with Crippen molar-refractivity contribution < 1.29 is 14.3 Å². The summed E-state index contributed by atoms with van der Waals surface area (Å²) in [6, 6.07) is 8.43. The first-order valence-electron chi connectivity index (χ1n) is 6.33. The van der Waals surface area contributed by atoms with E-state index in [2.05, 4.69) is 4.98 Å². The maximum absolute atomic E-state index is 11.7. The van der Waals surface area contributed by atoms with Crippen LogP contribution in [0.2, 0.25) is 0 Å². The standard InChI is InChI=1S/C15H14N2O3S/c1-10(7-16)20-15(18)12-3-5-14(6-4-12)19-8-13-9-21-11(2)17-13/h3-6,9-10H,8H2,1-2H3/t10-/m0/s1. The molecule has 0 N–H and O–H groups in total. The molecule has 0 bridgehead atoms. The molecule has 2 rings (SSSR count). The topological polar surface area (TPSA) is 72.2 Å². The molecule has 0 saturated carbocycles. The molecule has 0 aliphatic carbocycles. The average molecular weight is 302 g/mol. The van der Waals surface area contributed by atoms with Crippen molar-refractivity contribution in [1.29, 1.82) is 5.26 Å². The van der Waals surface area contributed by atoms with E-state index >= 15 is 0 Å². The summed E-state index contributed by atoms with van der Waals surface area (Å²) in [5.41, 5.74) is 1.26. The van der Waals surface area contributed by atoms with E-state index < -0.39 is 12.1 Å². The molecular weight excluding hydrogens is 288 g/mol. The number of thiazole rings is 1. The van der Waals surface area contributed by atoms with E-state index in [9.17, 15) is 4.79 Å². The molecule has 0 aliphatic rings. The molecule has 1 atom stereocenters. The summed E-state index contributed by atoms with van der Waals surface area (Å²) in [4.78, 5) is 16.0. The van der Waals surface area contributed by atoms with Crippen LogP contribution in [-0.4, -0.2) is 17.1 Å². The van der Waals surface area contributed by atoms with Gasteiger partial charge in [-0.15, -0.1) is 11.3 Å². The summed E-state index contributed by atoms with van der Waals surface area (Å²) in [6.07, 6.45) is -0.763. The van der Waals surface area contributed by atoms with Gasteiger partial charge in [-0.05, 0) is 38.1 Å². The molecule has 0 aliphatic heterocycles. The van der Waals surface area contributed by atoms with Gasteiger partial charge in [0.2, 0.25) is 0 Å². The molecule has 21 heavy (non-hydrogen) atoms. The summed E-state index contributed by atoms with van der Waals surface area (Å²) in [7, 11) is 0. The summed E-state index contributed by atoms with van der Waals surface area (Å²) in [6.45, 7) is 3.85. The van der Waals surface area contributed by atoms with Crippen LogP contribution < -0.4 is 4.74 Å². The van der Waals surface area contributed by atoms with E-state index in [1.54, 1.807) is 35.6 Å². The van der Waals surface area contributed by atoms with Crippen LogP contribution in [0.4, 0.5) is 0 Å². The fraction of sp³-hybridized carbons (Fsp3) is 0.267. The quantitative estimate of drug-likeness (QED) is 0.794. The number of esters is 1. The lowest BCUT2D eigenvalue weighted by molar-refractivity contribution is 0.0435. The highest BCUT2D eigenvalue weighted by Crippen LogP contribution is 2.16. The Labute approximate surface area is 126 Å². The fourth-order valence-corrected chi connectivity index (χ4v) is 2.17. The van der Waals surface area contributed by atoms with Crippen molar-refractivity contribution >= 4 is 17.3 Å². The Morgan fingerprint density at radius 2 is 2.14 bits per heavy atom. The maximum Gasteiger partial charge on any atom is 0.339 e. The third-order valence-corrected chi connectivity index (χ3v) is 3.43. The van der Waals surface area contributed by atoms with Gasteiger partial charge in [0, 0.05) is 5.38 Å². The van der Waals surface area contributed by atoms with Gasteiger partial charge in [-0.1, -0.05) is 0 Å². The number of nitriles is 1. The largest absolute Gasteiger partial charge is 0.487 e. The summed E-state index contributed by atoms with van der Waals surface area (Å²) >= 11 is 1.58. The monoisotopic (exact) mass is 302 g/mol. The minimum absolute atomic E-state index is 0.383. The molecule has 1 aromatic heterocycles. The number of carbonyl (C=O) groups excluding carboxylic acids is 1. The minimum atomic E-state index is -0.763. The van der Waals surface area contributed by atoms with Crippen molar-refractivity contribution in [2.45, 2.75) is 26.6 Å². The molecule has 1 aromatic carbocycles. The third kappa shape index (κ3) is 4.29. The van der Waals surface area contributed by atoms with Gasteiger partial charge in [0.15, 0.2) is 6.10 Å². The first-order chi connectivity index (χ1) is 10.1. The zero-order chi connectivity index (χ0) is 15.2. The van der Waals surface area contributed by atoms with E-state index in [-0.39, 0.29) is 0 Å². The van der Waals surface area contributed by atoms with Gasteiger partial charge >= 0.3 is 5.97 Å². The Bertz CT molecular complexity index is 658. The molecule has 0 fully saturated rings. The zero-order valence-electron chi connectivity index (χ0n) is 11.7. The van der Waals surface area contributed by atoms with Crippen LogP contribution in [0.15, 0.2) is 29.6 Å². The van der Waals surface area contributed by atoms with Crippen LogP contribution >= 0.6 is 11.3 Å². The number of benzene rings is 1. The molecule has 0 saturated heterocycles. The molecule has 0 unspecified atom stereocenters. The van der Waals surface area contributed by atoms with E-state index in [1.165, 1.54) is 6.92 Å². The van der Waals surface area contributed by atoms with Crippen LogP contribution in [0.1, 0.15) is 28.0 Å². The molecule has 108 valence electrons. The van der Waals surface area contributed by atoms with Gasteiger partial charge in [-0.3, -0.25) is 0 Å². The second kappa shape index (κ2) is 6.86. The van der Waals surface area contributed by atoms with Gasteiger partial charge in [-0.25, -0.2) is 9.78 Å². The summed E-state index contributed by atoms with van der Waals surface area (Å²) in [5.74, 6) is 0.122. The molecule has 1 heterocycles. The smallest absolute Gasteiger partial charge is 0.339 e. The van der Waals surface area contributed by atoms with Gasteiger partial charge in [-0.2, -0.15) is 5.26 Å². The number of hydrogen-bond donors (Lipinski definition) is 0. The molecule has 2 aromatic rings. The normalized spacial score (nSPS) is 11.5. The number of nitrogens with zero attached hydrogens (tertiary/aromatic N) is 2. The van der Waals surface area contributed by atoms with Gasteiger partial charge in [0.25, 0.3) is 0 Å². The van der Waals surface area contributed by atoms with E-state index in [4.69, 9.17) is 14.7 Å². The number of aryl methyl sites for hydroxylation is 1. The molecular formula is C15H14N2O3S. The first kappa shape index (κ1) is 15.0. The maximum atomic E-state index is 11.7. The Hall–Kier alpha value is -2.39. The Balaban J connectivity index is 1.92. The van der Waals surface area contributed by atoms with E-state index in [0.29, 0.717) is 17.9 Å².